The van der Waals surface area contributed by atoms with E-state index in [4.69, 9.17) is 4.74 Å². The summed E-state index contributed by atoms with van der Waals surface area (Å²) in [7, 11) is 3.65. The van der Waals surface area contributed by atoms with Gasteiger partial charge >= 0.3 is 0 Å². The van der Waals surface area contributed by atoms with Crippen molar-refractivity contribution in [2.24, 2.45) is 7.05 Å². The topological polar surface area (TPSA) is 39.1 Å². The molecule has 0 unspecified atom stereocenters. The van der Waals surface area contributed by atoms with Gasteiger partial charge in [-0.15, -0.1) is 0 Å². The molecule has 1 heterocycles. The number of aromatic nitrogens is 2. The zero-order chi connectivity index (χ0) is 12.5. The number of methoxy groups -OCH3 is 1. The molecule has 1 aliphatic carbocycles. The van der Waals surface area contributed by atoms with Gasteiger partial charge in [-0.2, -0.15) is 5.10 Å². The van der Waals surface area contributed by atoms with Gasteiger partial charge < -0.3 is 10.1 Å². The number of rotatable bonds is 4. The lowest BCUT2D eigenvalue weighted by Gasteiger charge is -2.04. The van der Waals surface area contributed by atoms with Crippen LogP contribution in [0.25, 0.3) is 11.3 Å². The van der Waals surface area contributed by atoms with Crippen molar-refractivity contribution in [3.05, 3.63) is 30.3 Å². The predicted octanol–water partition coefficient (Wildman–Crippen LogP) is 2.67. The summed E-state index contributed by atoms with van der Waals surface area (Å²) in [5.41, 5.74) is 2.21. The molecule has 0 bridgehead atoms. The number of ether oxygens (including phenoxy) is 1. The van der Waals surface area contributed by atoms with Crippen molar-refractivity contribution in [1.29, 1.82) is 0 Å². The van der Waals surface area contributed by atoms with E-state index in [0.29, 0.717) is 6.04 Å². The maximum atomic E-state index is 5.25. The molecule has 0 spiro atoms. The van der Waals surface area contributed by atoms with Gasteiger partial charge in [0.25, 0.3) is 0 Å². The highest BCUT2D eigenvalue weighted by molar-refractivity contribution is 5.65. The molecule has 1 fully saturated rings. The van der Waals surface area contributed by atoms with Gasteiger partial charge in [-0.25, -0.2) is 0 Å². The smallest absolute Gasteiger partial charge is 0.148 e. The van der Waals surface area contributed by atoms with Gasteiger partial charge in [0, 0.05) is 24.7 Å². The van der Waals surface area contributed by atoms with E-state index in [2.05, 4.69) is 22.5 Å². The molecule has 4 nitrogen and oxygen atoms in total. The van der Waals surface area contributed by atoms with Crippen molar-refractivity contribution in [2.75, 3.05) is 12.4 Å². The fraction of sp³-hybridized carbons (Fsp3) is 0.357. The maximum absolute atomic E-state index is 5.25. The van der Waals surface area contributed by atoms with Gasteiger partial charge in [0.2, 0.25) is 0 Å². The Morgan fingerprint density at radius 3 is 2.89 bits per heavy atom. The first-order chi connectivity index (χ1) is 8.76. The number of nitrogens with zero attached hydrogens (tertiary/aromatic N) is 2. The van der Waals surface area contributed by atoms with Crippen LogP contribution in [0.5, 0.6) is 5.75 Å². The Kier molecular flexibility index (Phi) is 2.70. The highest BCUT2D eigenvalue weighted by Gasteiger charge is 2.22. The first kappa shape index (κ1) is 11.1. The lowest BCUT2D eigenvalue weighted by atomic mass is 10.1. The van der Waals surface area contributed by atoms with Crippen LogP contribution < -0.4 is 10.1 Å². The second-order valence-corrected chi connectivity index (χ2v) is 4.69. The standard InChI is InChI=1S/C14H17N3O/c1-17-13(9-14(16-17)15-11-6-7-11)10-4-3-5-12(8-10)18-2/h3-5,8-9,11H,6-7H2,1-2H3,(H,15,16). The minimum absolute atomic E-state index is 0.623. The van der Waals surface area contributed by atoms with Crippen molar-refractivity contribution in [3.8, 4) is 17.0 Å². The van der Waals surface area contributed by atoms with Crippen LogP contribution in [-0.2, 0) is 7.05 Å². The van der Waals surface area contributed by atoms with E-state index in [1.807, 2.05) is 29.9 Å². The number of aryl methyl sites for hydroxylation is 1. The fourth-order valence-electron chi connectivity index (χ4n) is 2.03. The summed E-state index contributed by atoms with van der Waals surface area (Å²) < 4.78 is 7.15. The largest absolute Gasteiger partial charge is 0.497 e. The molecule has 1 aliphatic rings. The normalized spacial score (nSPS) is 14.6. The van der Waals surface area contributed by atoms with Crippen LogP contribution in [0.3, 0.4) is 0 Å². The summed E-state index contributed by atoms with van der Waals surface area (Å²) >= 11 is 0. The second-order valence-electron chi connectivity index (χ2n) is 4.69. The van der Waals surface area contributed by atoms with Crippen LogP contribution in [-0.4, -0.2) is 22.9 Å². The predicted molar refractivity (Wildman–Crippen MR) is 71.8 cm³/mol. The third-order valence-corrected chi connectivity index (χ3v) is 3.17. The lowest BCUT2D eigenvalue weighted by Crippen LogP contribution is -2.01. The first-order valence-electron chi connectivity index (χ1n) is 6.21. The third kappa shape index (κ3) is 2.18. The average molecular weight is 243 g/mol. The fourth-order valence-corrected chi connectivity index (χ4v) is 2.03. The molecule has 18 heavy (non-hydrogen) atoms. The number of hydrogen-bond donors (Lipinski definition) is 1. The van der Waals surface area contributed by atoms with Gasteiger partial charge in [-0.3, -0.25) is 4.68 Å². The van der Waals surface area contributed by atoms with E-state index in [0.717, 1.165) is 22.8 Å². The van der Waals surface area contributed by atoms with Crippen molar-refractivity contribution >= 4 is 5.82 Å². The van der Waals surface area contributed by atoms with E-state index >= 15 is 0 Å². The Bertz CT molecular complexity index is 558. The molecule has 4 heteroatoms. The molecule has 0 saturated heterocycles. The van der Waals surface area contributed by atoms with Crippen LogP contribution in [0.15, 0.2) is 30.3 Å². The maximum Gasteiger partial charge on any atom is 0.148 e. The molecule has 1 aromatic heterocycles. The summed E-state index contributed by atoms with van der Waals surface area (Å²) in [4.78, 5) is 0. The summed E-state index contributed by atoms with van der Waals surface area (Å²) in [6, 6.07) is 10.8. The van der Waals surface area contributed by atoms with Crippen LogP contribution in [0.1, 0.15) is 12.8 Å². The minimum Gasteiger partial charge on any atom is -0.497 e. The Balaban J connectivity index is 1.91. The molecule has 1 N–H and O–H groups in total. The van der Waals surface area contributed by atoms with Crippen molar-refractivity contribution in [2.45, 2.75) is 18.9 Å². The van der Waals surface area contributed by atoms with Crippen molar-refractivity contribution in [1.82, 2.24) is 9.78 Å². The summed E-state index contributed by atoms with van der Waals surface area (Å²) in [5.74, 6) is 1.82. The Morgan fingerprint density at radius 1 is 1.33 bits per heavy atom. The van der Waals surface area contributed by atoms with E-state index in [1.54, 1.807) is 7.11 Å². The zero-order valence-corrected chi connectivity index (χ0v) is 10.7. The number of hydrogen-bond acceptors (Lipinski definition) is 3. The summed E-state index contributed by atoms with van der Waals surface area (Å²) in [6.45, 7) is 0. The second kappa shape index (κ2) is 4.37. The van der Waals surface area contributed by atoms with Crippen LogP contribution >= 0.6 is 0 Å². The lowest BCUT2D eigenvalue weighted by molar-refractivity contribution is 0.415. The molecule has 1 aromatic carbocycles. The van der Waals surface area contributed by atoms with Crippen molar-refractivity contribution < 1.29 is 4.74 Å². The monoisotopic (exact) mass is 243 g/mol. The number of benzene rings is 1. The van der Waals surface area contributed by atoms with E-state index in [1.165, 1.54) is 12.8 Å². The minimum atomic E-state index is 0.623. The van der Waals surface area contributed by atoms with Gasteiger partial charge in [0.15, 0.2) is 0 Å². The van der Waals surface area contributed by atoms with Crippen LogP contribution in [0.4, 0.5) is 5.82 Å². The zero-order valence-electron chi connectivity index (χ0n) is 10.7. The third-order valence-electron chi connectivity index (χ3n) is 3.17. The molecular formula is C14H17N3O. The van der Waals surface area contributed by atoms with Crippen LogP contribution in [0.2, 0.25) is 0 Å². The number of anilines is 1. The van der Waals surface area contributed by atoms with E-state index in [9.17, 15) is 0 Å². The molecule has 0 radical (unpaired) electrons. The molecule has 2 aromatic rings. The Hall–Kier alpha value is -1.97. The molecule has 0 aliphatic heterocycles. The van der Waals surface area contributed by atoms with Crippen molar-refractivity contribution in [3.63, 3.8) is 0 Å². The van der Waals surface area contributed by atoms with Gasteiger partial charge in [0.05, 0.1) is 12.8 Å². The molecule has 0 atom stereocenters. The molecule has 94 valence electrons. The molecule has 1 saturated carbocycles. The highest BCUT2D eigenvalue weighted by Crippen LogP contribution is 2.28. The first-order valence-corrected chi connectivity index (χ1v) is 6.21. The Labute approximate surface area is 107 Å². The number of nitrogens with one attached hydrogen (secondary N) is 1. The quantitative estimate of drug-likeness (QED) is 0.897. The van der Waals surface area contributed by atoms with Gasteiger partial charge in [0.1, 0.15) is 11.6 Å². The van der Waals surface area contributed by atoms with E-state index in [-0.39, 0.29) is 0 Å². The Morgan fingerprint density at radius 2 is 2.17 bits per heavy atom. The van der Waals surface area contributed by atoms with Gasteiger partial charge in [-0.05, 0) is 25.0 Å². The summed E-state index contributed by atoms with van der Waals surface area (Å²) in [6.07, 6.45) is 2.51. The molecule has 3 rings (SSSR count). The summed E-state index contributed by atoms with van der Waals surface area (Å²) in [5, 5.41) is 7.90. The highest BCUT2D eigenvalue weighted by atomic mass is 16.5. The van der Waals surface area contributed by atoms with Gasteiger partial charge in [-0.1, -0.05) is 12.1 Å². The average Bonchev–Trinajstić information content (AvgIpc) is 3.12. The molecular weight excluding hydrogens is 226 g/mol. The molecule has 0 amide bonds. The SMILES string of the molecule is COc1cccc(-c2cc(NC3CC3)nn2C)c1. The van der Waals surface area contributed by atoms with E-state index < -0.39 is 0 Å². The van der Waals surface area contributed by atoms with Crippen LogP contribution in [0, 0.1) is 0 Å².